The highest BCUT2D eigenvalue weighted by atomic mass is 79.9. The Bertz CT molecular complexity index is 595. The number of rotatable bonds is 5. The van der Waals surface area contributed by atoms with E-state index in [1.807, 2.05) is 25.1 Å². The van der Waals surface area contributed by atoms with Gasteiger partial charge in [-0.2, -0.15) is 0 Å². The molecule has 0 aromatic heterocycles. The van der Waals surface area contributed by atoms with Gasteiger partial charge < -0.3 is 10.5 Å². The minimum absolute atomic E-state index is 0.0909. The molecule has 0 aliphatic heterocycles. The molecule has 0 spiro atoms. The lowest BCUT2D eigenvalue weighted by Gasteiger charge is -2.33. The molecular formula is C18H22BrNO. The lowest BCUT2D eigenvalue weighted by molar-refractivity contribution is 0.337. The highest BCUT2D eigenvalue weighted by Gasteiger charge is 2.29. The smallest absolute Gasteiger partial charge is 0.133 e. The van der Waals surface area contributed by atoms with Crippen molar-refractivity contribution in [3.05, 3.63) is 64.1 Å². The zero-order valence-corrected chi connectivity index (χ0v) is 14.4. The molecule has 0 amide bonds. The molecule has 112 valence electrons. The normalized spacial score (nSPS) is 13.0. The Morgan fingerprint density at radius 1 is 1.14 bits per heavy atom. The summed E-state index contributed by atoms with van der Waals surface area (Å²) in [5.41, 5.74) is 8.73. The van der Waals surface area contributed by atoms with Crippen LogP contribution in [0.15, 0.2) is 53.0 Å². The SMILES string of the molecule is CCOc1ccc(C(N)C(C)(C)c2ccccc2)cc1Br. The van der Waals surface area contributed by atoms with Gasteiger partial charge in [0.1, 0.15) is 5.75 Å². The van der Waals surface area contributed by atoms with Crippen LogP contribution >= 0.6 is 15.9 Å². The molecule has 1 atom stereocenters. The van der Waals surface area contributed by atoms with E-state index in [9.17, 15) is 0 Å². The van der Waals surface area contributed by atoms with Gasteiger partial charge in [0.15, 0.2) is 0 Å². The maximum absolute atomic E-state index is 6.54. The van der Waals surface area contributed by atoms with Crippen molar-refractivity contribution in [1.29, 1.82) is 0 Å². The Kier molecular flexibility index (Phi) is 5.07. The lowest BCUT2D eigenvalue weighted by atomic mass is 9.75. The van der Waals surface area contributed by atoms with E-state index in [0.717, 1.165) is 15.8 Å². The first-order chi connectivity index (χ1) is 9.96. The van der Waals surface area contributed by atoms with Crippen molar-refractivity contribution in [3.8, 4) is 5.75 Å². The van der Waals surface area contributed by atoms with Crippen LogP contribution in [0.3, 0.4) is 0 Å². The van der Waals surface area contributed by atoms with Crippen molar-refractivity contribution in [1.82, 2.24) is 0 Å². The van der Waals surface area contributed by atoms with E-state index in [4.69, 9.17) is 10.5 Å². The fourth-order valence-electron chi connectivity index (χ4n) is 2.45. The topological polar surface area (TPSA) is 35.2 Å². The molecule has 0 saturated heterocycles. The average Bonchev–Trinajstić information content (AvgIpc) is 2.49. The number of benzene rings is 2. The van der Waals surface area contributed by atoms with Crippen LogP contribution in [-0.4, -0.2) is 6.61 Å². The second-order valence-corrected chi connectivity index (χ2v) is 6.54. The monoisotopic (exact) mass is 347 g/mol. The summed E-state index contributed by atoms with van der Waals surface area (Å²) in [5.74, 6) is 0.853. The van der Waals surface area contributed by atoms with Crippen molar-refractivity contribution in [2.45, 2.75) is 32.2 Å². The zero-order valence-electron chi connectivity index (χ0n) is 12.8. The largest absolute Gasteiger partial charge is 0.493 e. The third-order valence-electron chi connectivity index (χ3n) is 3.91. The van der Waals surface area contributed by atoms with Gasteiger partial charge in [-0.1, -0.05) is 50.2 Å². The van der Waals surface area contributed by atoms with Gasteiger partial charge in [-0.05, 0) is 46.1 Å². The molecule has 21 heavy (non-hydrogen) atoms. The van der Waals surface area contributed by atoms with Crippen LogP contribution in [0.25, 0.3) is 0 Å². The number of ether oxygens (including phenoxy) is 1. The fourth-order valence-corrected chi connectivity index (χ4v) is 2.96. The number of hydrogen-bond acceptors (Lipinski definition) is 2. The third kappa shape index (κ3) is 3.47. The summed E-state index contributed by atoms with van der Waals surface area (Å²) in [5, 5.41) is 0. The second-order valence-electron chi connectivity index (χ2n) is 5.69. The Morgan fingerprint density at radius 3 is 2.38 bits per heavy atom. The van der Waals surface area contributed by atoms with E-state index < -0.39 is 0 Å². The molecule has 2 aromatic rings. The molecule has 2 aromatic carbocycles. The van der Waals surface area contributed by atoms with Crippen molar-refractivity contribution in [2.24, 2.45) is 5.73 Å². The molecule has 2 nitrogen and oxygen atoms in total. The van der Waals surface area contributed by atoms with Gasteiger partial charge in [-0.3, -0.25) is 0 Å². The molecule has 0 fully saturated rings. The Morgan fingerprint density at radius 2 is 1.81 bits per heavy atom. The first-order valence-corrected chi connectivity index (χ1v) is 7.99. The summed E-state index contributed by atoms with van der Waals surface area (Å²) < 4.78 is 6.50. The van der Waals surface area contributed by atoms with E-state index >= 15 is 0 Å². The standard InChI is InChI=1S/C18H22BrNO/c1-4-21-16-11-10-13(12-15(16)19)17(20)18(2,3)14-8-6-5-7-9-14/h5-12,17H,4,20H2,1-3H3. The number of hydrogen-bond donors (Lipinski definition) is 1. The summed E-state index contributed by atoms with van der Waals surface area (Å²) in [6.07, 6.45) is 0. The van der Waals surface area contributed by atoms with Crippen LogP contribution in [0.4, 0.5) is 0 Å². The van der Waals surface area contributed by atoms with Crippen LogP contribution < -0.4 is 10.5 Å². The van der Waals surface area contributed by atoms with E-state index in [1.165, 1.54) is 5.56 Å². The van der Waals surface area contributed by atoms with E-state index in [0.29, 0.717) is 6.61 Å². The molecule has 0 bridgehead atoms. The minimum atomic E-state index is -0.145. The third-order valence-corrected chi connectivity index (χ3v) is 4.53. The summed E-state index contributed by atoms with van der Waals surface area (Å²) in [6, 6.07) is 16.4. The van der Waals surface area contributed by atoms with Crippen LogP contribution in [0.2, 0.25) is 0 Å². The molecule has 0 aliphatic rings. The summed E-state index contributed by atoms with van der Waals surface area (Å²) >= 11 is 3.56. The van der Waals surface area contributed by atoms with Gasteiger partial charge in [-0.25, -0.2) is 0 Å². The summed E-state index contributed by atoms with van der Waals surface area (Å²) in [4.78, 5) is 0. The van der Waals surface area contributed by atoms with Crippen molar-refractivity contribution in [3.63, 3.8) is 0 Å². The maximum Gasteiger partial charge on any atom is 0.133 e. The zero-order chi connectivity index (χ0) is 15.5. The molecule has 0 aliphatic carbocycles. The second kappa shape index (κ2) is 6.63. The molecule has 0 heterocycles. The molecule has 2 rings (SSSR count). The molecule has 0 radical (unpaired) electrons. The van der Waals surface area contributed by atoms with E-state index in [2.05, 4.69) is 60.1 Å². The van der Waals surface area contributed by atoms with Gasteiger partial charge in [-0.15, -0.1) is 0 Å². The van der Waals surface area contributed by atoms with Crippen molar-refractivity contribution >= 4 is 15.9 Å². The van der Waals surface area contributed by atoms with E-state index in [1.54, 1.807) is 0 Å². The van der Waals surface area contributed by atoms with Gasteiger partial charge in [0, 0.05) is 11.5 Å². The van der Waals surface area contributed by atoms with Gasteiger partial charge in [0.05, 0.1) is 11.1 Å². The Hall–Kier alpha value is -1.32. The Balaban J connectivity index is 2.31. The van der Waals surface area contributed by atoms with Crippen molar-refractivity contribution in [2.75, 3.05) is 6.61 Å². The highest BCUT2D eigenvalue weighted by molar-refractivity contribution is 9.10. The predicted octanol–water partition coefficient (Wildman–Crippen LogP) is 4.83. The van der Waals surface area contributed by atoms with E-state index in [-0.39, 0.29) is 11.5 Å². The number of nitrogens with two attached hydrogens (primary N) is 1. The molecular weight excluding hydrogens is 326 g/mol. The first-order valence-electron chi connectivity index (χ1n) is 7.20. The predicted molar refractivity (Wildman–Crippen MR) is 91.7 cm³/mol. The van der Waals surface area contributed by atoms with Gasteiger partial charge in [0.2, 0.25) is 0 Å². The summed E-state index contributed by atoms with van der Waals surface area (Å²) in [7, 11) is 0. The quantitative estimate of drug-likeness (QED) is 0.840. The van der Waals surface area contributed by atoms with Crippen molar-refractivity contribution < 1.29 is 4.74 Å². The molecule has 0 saturated carbocycles. The fraction of sp³-hybridized carbons (Fsp3) is 0.333. The Labute approximate surface area is 135 Å². The molecule has 1 unspecified atom stereocenters. The molecule has 2 N–H and O–H groups in total. The van der Waals surface area contributed by atoms with Crippen LogP contribution in [0.5, 0.6) is 5.75 Å². The lowest BCUT2D eigenvalue weighted by Crippen LogP contribution is -2.33. The van der Waals surface area contributed by atoms with Crippen LogP contribution in [-0.2, 0) is 5.41 Å². The van der Waals surface area contributed by atoms with Crippen LogP contribution in [0.1, 0.15) is 37.9 Å². The van der Waals surface area contributed by atoms with Gasteiger partial charge in [0.25, 0.3) is 0 Å². The first kappa shape index (κ1) is 16.1. The van der Waals surface area contributed by atoms with Gasteiger partial charge >= 0.3 is 0 Å². The molecule has 3 heteroatoms. The summed E-state index contributed by atoms with van der Waals surface area (Å²) in [6.45, 7) is 6.98. The maximum atomic E-state index is 6.54. The highest BCUT2D eigenvalue weighted by Crippen LogP contribution is 2.37. The average molecular weight is 348 g/mol. The minimum Gasteiger partial charge on any atom is -0.493 e. The number of halogens is 1. The van der Waals surface area contributed by atoms with Crippen LogP contribution in [0, 0.1) is 0 Å².